The Morgan fingerprint density at radius 2 is 1.19 bits per heavy atom. The van der Waals surface area contributed by atoms with Crippen LogP contribution in [0, 0.1) is 0 Å². The molecule has 0 saturated heterocycles. The highest BCUT2D eigenvalue weighted by molar-refractivity contribution is 6.02. The Morgan fingerprint density at radius 1 is 0.581 bits per heavy atom. The summed E-state index contributed by atoms with van der Waals surface area (Å²) in [6.45, 7) is 3.28. The summed E-state index contributed by atoms with van der Waals surface area (Å²) in [4.78, 5) is 84.2. The van der Waals surface area contributed by atoms with Gasteiger partial charge >= 0.3 is 0 Å². The number of H-pyrrole nitrogens is 1. The third-order valence-electron chi connectivity index (χ3n) is 10.2. The molecule has 0 radical (unpaired) electrons. The molecule has 0 fully saturated rings. The molecular weight excluding hydrogens is 833 g/mol. The molecule has 6 atom stereocenters. The lowest BCUT2D eigenvalue weighted by molar-refractivity contribution is -0.136. The molecule has 1 aromatic heterocycles. The lowest BCUT2D eigenvalue weighted by Crippen LogP contribution is -2.59. The Hall–Kier alpha value is -5.84. The molecule has 17 heteroatoms. The first-order valence-electron chi connectivity index (χ1n) is 20.2. The second-order valence-corrected chi connectivity index (χ2v) is 15.1. The number of fused-ring (bicyclic) bond motifs is 2. The van der Waals surface area contributed by atoms with Crippen molar-refractivity contribution < 1.29 is 28.8 Å². The van der Waals surface area contributed by atoms with Gasteiger partial charge in [-0.15, -0.1) is 24.8 Å². The summed E-state index contributed by atoms with van der Waals surface area (Å²) in [5, 5.41) is 16.2. The van der Waals surface area contributed by atoms with Crippen LogP contribution in [-0.4, -0.2) is 83.2 Å². The zero-order valence-electron chi connectivity index (χ0n) is 34.7. The molecular formula is C45H57Cl2N9O6. The van der Waals surface area contributed by atoms with Crippen LogP contribution in [-0.2, 0) is 48.0 Å². The number of hydrogen-bond donors (Lipinski definition) is 9. The van der Waals surface area contributed by atoms with Crippen molar-refractivity contribution in [2.24, 2.45) is 17.2 Å². The number of carbonyl (C=O) groups is 6. The predicted molar refractivity (Wildman–Crippen MR) is 245 cm³/mol. The Balaban J connectivity index is 0.00000512. The molecule has 1 heterocycles. The standard InChI is InChI=1S/C45H55N9O6.2ClH/c1-27(47)40(55)54-43(58)37(18-10-11-21-46)51-44(59)38(24-29-12-4-3-5-13-29)53-45(60)39(25-33-26-49-36-17-9-8-16-34(33)36)52-41(56)28(2)50-42(57)35(48)23-30-19-20-31-14-6-7-15-32(31)22-30;;/h3-9,12-17,19-20,22,26-28,35,37-39,49H,10-11,18,21,23-25,46-48H2,1-2H3,(H,50,57)(H,51,59)(H,52,56)(H,53,60)(H,54,55,58);2*1H. The normalized spacial score (nSPS) is 13.8. The highest BCUT2D eigenvalue weighted by atomic mass is 35.5. The fourth-order valence-corrected chi connectivity index (χ4v) is 6.81. The fraction of sp³-hybridized carbons (Fsp3) is 0.333. The van der Waals surface area contributed by atoms with Gasteiger partial charge in [-0.1, -0.05) is 91.0 Å². The molecule has 62 heavy (non-hydrogen) atoms. The number of unbranched alkanes of at least 4 members (excludes halogenated alkanes) is 1. The van der Waals surface area contributed by atoms with E-state index in [9.17, 15) is 28.8 Å². The van der Waals surface area contributed by atoms with E-state index in [1.54, 1.807) is 30.5 Å². The molecule has 6 unspecified atom stereocenters. The van der Waals surface area contributed by atoms with E-state index < -0.39 is 71.7 Å². The summed E-state index contributed by atoms with van der Waals surface area (Å²) in [5.74, 6) is -4.03. The number of halogens is 2. The monoisotopic (exact) mass is 889 g/mol. The van der Waals surface area contributed by atoms with Gasteiger partial charge in [0.15, 0.2) is 0 Å². The maximum atomic E-state index is 14.4. The molecule has 0 spiro atoms. The molecule has 5 aromatic rings. The average Bonchev–Trinajstić information content (AvgIpc) is 3.65. The number of para-hydroxylation sites is 1. The fourth-order valence-electron chi connectivity index (χ4n) is 6.81. The third kappa shape index (κ3) is 14.4. The van der Waals surface area contributed by atoms with Gasteiger partial charge in [0.2, 0.25) is 35.4 Å². The second kappa shape index (κ2) is 24.6. The first-order valence-corrected chi connectivity index (χ1v) is 20.2. The van der Waals surface area contributed by atoms with E-state index in [1.807, 2.05) is 72.8 Å². The van der Waals surface area contributed by atoms with Crippen molar-refractivity contribution in [3.05, 3.63) is 120 Å². The van der Waals surface area contributed by atoms with Crippen LogP contribution in [0.15, 0.2) is 103 Å². The van der Waals surface area contributed by atoms with Crippen molar-refractivity contribution in [3.8, 4) is 0 Å². The van der Waals surface area contributed by atoms with Gasteiger partial charge in [-0.25, -0.2) is 0 Å². The van der Waals surface area contributed by atoms with Crippen LogP contribution in [0.4, 0.5) is 0 Å². The minimum Gasteiger partial charge on any atom is -0.361 e. The highest BCUT2D eigenvalue weighted by Gasteiger charge is 2.32. The molecule has 0 aliphatic carbocycles. The SMILES string of the molecule is CC(N)C(=O)NC(=O)C(CCCCN)NC(=O)C(Cc1ccccc1)NC(=O)C(Cc1c[nH]c2ccccc12)NC(=O)C(C)NC(=O)C(N)Cc1ccc2ccccc2c1.Cl.Cl. The predicted octanol–water partition coefficient (Wildman–Crippen LogP) is 2.60. The van der Waals surface area contributed by atoms with Gasteiger partial charge in [0.05, 0.1) is 12.1 Å². The number of hydrogen-bond acceptors (Lipinski definition) is 9. The smallest absolute Gasteiger partial charge is 0.249 e. The van der Waals surface area contributed by atoms with Crippen LogP contribution in [0.1, 0.15) is 49.8 Å². The van der Waals surface area contributed by atoms with Crippen LogP contribution in [0.3, 0.4) is 0 Å². The molecule has 5 rings (SSSR count). The topological polar surface area (TPSA) is 256 Å². The molecule has 0 aliphatic heterocycles. The van der Waals surface area contributed by atoms with Crippen LogP contribution in [0.5, 0.6) is 0 Å². The van der Waals surface area contributed by atoms with Crippen LogP contribution >= 0.6 is 24.8 Å². The van der Waals surface area contributed by atoms with E-state index in [1.165, 1.54) is 13.8 Å². The molecule has 12 N–H and O–H groups in total. The van der Waals surface area contributed by atoms with E-state index >= 15 is 0 Å². The van der Waals surface area contributed by atoms with E-state index in [-0.39, 0.29) is 50.5 Å². The molecule has 15 nitrogen and oxygen atoms in total. The minimum absolute atomic E-state index is 0. The summed E-state index contributed by atoms with van der Waals surface area (Å²) in [5.41, 5.74) is 20.8. The first kappa shape index (κ1) is 50.5. The van der Waals surface area contributed by atoms with Crippen molar-refractivity contribution in [2.75, 3.05) is 6.54 Å². The van der Waals surface area contributed by atoms with Crippen molar-refractivity contribution in [1.29, 1.82) is 0 Å². The molecule has 332 valence electrons. The Bertz CT molecular complexity index is 2290. The number of rotatable bonds is 20. The molecule has 0 saturated carbocycles. The Labute approximate surface area is 373 Å². The second-order valence-electron chi connectivity index (χ2n) is 15.1. The summed E-state index contributed by atoms with van der Waals surface area (Å²) >= 11 is 0. The summed E-state index contributed by atoms with van der Waals surface area (Å²) in [6, 6.07) is 23.6. The van der Waals surface area contributed by atoms with Gasteiger partial charge in [-0.2, -0.15) is 0 Å². The number of aromatic nitrogens is 1. The van der Waals surface area contributed by atoms with Gasteiger partial charge in [0.25, 0.3) is 0 Å². The van der Waals surface area contributed by atoms with Gasteiger partial charge in [-0.3, -0.25) is 34.1 Å². The van der Waals surface area contributed by atoms with Crippen LogP contribution in [0.25, 0.3) is 21.7 Å². The third-order valence-corrected chi connectivity index (χ3v) is 10.2. The molecule has 0 aliphatic rings. The van der Waals surface area contributed by atoms with Gasteiger partial charge in [0.1, 0.15) is 24.2 Å². The molecule has 4 aromatic carbocycles. The van der Waals surface area contributed by atoms with E-state index in [4.69, 9.17) is 17.2 Å². The zero-order chi connectivity index (χ0) is 43.2. The van der Waals surface area contributed by atoms with Crippen LogP contribution in [0.2, 0.25) is 0 Å². The minimum atomic E-state index is -1.22. The van der Waals surface area contributed by atoms with E-state index in [2.05, 4.69) is 31.6 Å². The summed E-state index contributed by atoms with van der Waals surface area (Å²) in [6.07, 6.45) is 3.24. The lowest BCUT2D eigenvalue weighted by atomic mass is 10.0. The number of nitrogens with one attached hydrogen (secondary N) is 6. The number of carbonyl (C=O) groups excluding carboxylic acids is 6. The number of imide groups is 1. The van der Waals surface area contributed by atoms with Crippen molar-refractivity contribution in [1.82, 2.24) is 31.6 Å². The van der Waals surface area contributed by atoms with Gasteiger partial charge < -0.3 is 43.5 Å². The largest absolute Gasteiger partial charge is 0.361 e. The van der Waals surface area contributed by atoms with Crippen LogP contribution < -0.4 is 43.8 Å². The molecule has 6 amide bonds. The maximum Gasteiger partial charge on any atom is 0.249 e. The Morgan fingerprint density at radius 3 is 1.89 bits per heavy atom. The van der Waals surface area contributed by atoms with Gasteiger partial charge in [-0.05, 0) is 79.6 Å². The number of aromatic amines is 1. The Kier molecular flexibility index (Phi) is 20.0. The first-order chi connectivity index (χ1) is 28.8. The van der Waals surface area contributed by atoms with Gasteiger partial charge in [0, 0.05) is 29.9 Å². The van der Waals surface area contributed by atoms with E-state index in [0.717, 1.165) is 32.8 Å². The number of amides is 6. The lowest BCUT2D eigenvalue weighted by Gasteiger charge is -2.26. The van der Waals surface area contributed by atoms with Crippen molar-refractivity contribution in [2.45, 2.75) is 88.6 Å². The maximum absolute atomic E-state index is 14.4. The number of benzene rings is 4. The quantitative estimate of drug-likeness (QED) is 0.0520. The summed E-state index contributed by atoms with van der Waals surface area (Å²) in [7, 11) is 0. The van der Waals surface area contributed by atoms with E-state index in [0.29, 0.717) is 24.9 Å². The molecule has 0 bridgehead atoms. The summed E-state index contributed by atoms with van der Waals surface area (Å²) < 4.78 is 0. The van der Waals surface area contributed by atoms with Crippen molar-refractivity contribution in [3.63, 3.8) is 0 Å². The van der Waals surface area contributed by atoms with Crippen molar-refractivity contribution >= 4 is 81.9 Å². The number of nitrogens with two attached hydrogens (primary N) is 3. The zero-order valence-corrected chi connectivity index (χ0v) is 36.4. The highest BCUT2D eigenvalue weighted by Crippen LogP contribution is 2.20. The average molecular weight is 891 g/mol.